The van der Waals surface area contributed by atoms with Crippen LogP contribution in [0.25, 0.3) is 0 Å². The lowest BCUT2D eigenvalue weighted by atomic mass is 9.98. The molecule has 3 nitrogen and oxygen atoms in total. The van der Waals surface area contributed by atoms with Gasteiger partial charge in [0.1, 0.15) is 0 Å². The van der Waals surface area contributed by atoms with E-state index in [1.54, 1.807) is 0 Å². The number of rotatable bonds is 6. The molecule has 0 heterocycles. The van der Waals surface area contributed by atoms with Crippen LogP contribution in [0, 0.1) is 0 Å². The van der Waals surface area contributed by atoms with E-state index in [1.807, 2.05) is 14.0 Å². The van der Waals surface area contributed by atoms with Crippen LogP contribution in [0.2, 0.25) is 0 Å². The van der Waals surface area contributed by atoms with Crippen LogP contribution in [-0.4, -0.2) is 19.8 Å². The second-order valence-electron chi connectivity index (χ2n) is 5.25. The number of ether oxygens (including phenoxy) is 2. The Morgan fingerprint density at radius 2 is 2.00 bits per heavy atom. The fourth-order valence-electron chi connectivity index (χ4n) is 2.65. The second-order valence-corrected chi connectivity index (χ2v) is 6.10. The Morgan fingerprint density at radius 3 is 2.65 bits per heavy atom. The zero-order chi connectivity index (χ0) is 14.4. The molecule has 1 aliphatic rings. The molecule has 1 fully saturated rings. The van der Waals surface area contributed by atoms with Gasteiger partial charge in [-0.1, -0.05) is 6.42 Å². The molecule has 0 saturated heterocycles. The minimum absolute atomic E-state index is 0.328. The number of nitrogens with one attached hydrogen (secondary N) is 1. The van der Waals surface area contributed by atoms with Crippen LogP contribution in [0.4, 0.5) is 0 Å². The van der Waals surface area contributed by atoms with Crippen molar-refractivity contribution in [3.05, 3.63) is 22.2 Å². The standard InChI is InChI=1S/C16H24BrNO2/c1-3-19-15-10-12(11-18-2)9-14(17)16(15)20-13-7-5-4-6-8-13/h9-10,13,18H,3-8,11H2,1-2H3. The van der Waals surface area contributed by atoms with E-state index in [0.717, 1.165) is 35.4 Å². The van der Waals surface area contributed by atoms with Gasteiger partial charge in [0.15, 0.2) is 11.5 Å². The highest BCUT2D eigenvalue weighted by atomic mass is 79.9. The van der Waals surface area contributed by atoms with E-state index in [1.165, 1.54) is 24.8 Å². The summed E-state index contributed by atoms with van der Waals surface area (Å²) < 4.78 is 13.0. The first kappa shape index (κ1) is 15.6. The SMILES string of the molecule is CCOc1cc(CNC)cc(Br)c1OC1CCCCC1. The molecule has 20 heavy (non-hydrogen) atoms. The average molecular weight is 342 g/mol. The fraction of sp³-hybridized carbons (Fsp3) is 0.625. The van der Waals surface area contributed by atoms with E-state index < -0.39 is 0 Å². The van der Waals surface area contributed by atoms with Gasteiger partial charge in [0, 0.05) is 6.54 Å². The van der Waals surface area contributed by atoms with Gasteiger partial charge in [0.05, 0.1) is 17.2 Å². The Morgan fingerprint density at radius 1 is 1.25 bits per heavy atom. The van der Waals surface area contributed by atoms with Crippen molar-refractivity contribution in [2.75, 3.05) is 13.7 Å². The highest BCUT2D eigenvalue weighted by Crippen LogP contribution is 2.39. The summed E-state index contributed by atoms with van der Waals surface area (Å²) in [7, 11) is 1.95. The maximum Gasteiger partial charge on any atom is 0.175 e. The van der Waals surface area contributed by atoms with E-state index in [0.29, 0.717) is 12.7 Å². The summed E-state index contributed by atoms with van der Waals surface area (Å²) in [6.45, 7) is 3.47. The lowest BCUT2D eigenvalue weighted by molar-refractivity contribution is 0.146. The molecule has 0 aromatic heterocycles. The zero-order valence-electron chi connectivity index (χ0n) is 12.4. The lowest BCUT2D eigenvalue weighted by Gasteiger charge is -2.25. The van der Waals surface area contributed by atoms with Crippen molar-refractivity contribution in [1.29, 1.82) is 0 Å². The van der Waals surface area contributed by atoms with Gasteiger partial charge < -0.3 is 14.8 Å². The number of benzene rings is 1. The van der Waals surface area contributed by atoms with Crippen LogP contribution in [-0.2, 0) is 6.54 Å². The van der Waals surface area contributed by atoms with Gasteiger partial charge in [0.2, 0.25) is 0 Å². The molecule has 0 atom stereocenters. The smallest absolute Gasteiger partial charge is 0.175 e. The molecule has 0 amide bonds. The van der Waals surface area contributed by atoms with Gasteiger partial charge >= 0.3 is 0 Å². The third kappa shape index (κ3) is 4.13. The molecule has 0 radical (unpaired) electrons. The Kier molecular flexibility index (Phi) is 6.17. The lowest BCUT2D eigenvalue weighted by Crippen LogP contribution is -2.20. The van der Waals surface area contributed by atoms with Gasteiger partial charge in [-0.05, 0) is 73.3 Å². The van der Waals surface area contributed by atoms with Crippen molar-refractivity contribution in [3.8, 4) is 11.5 Å². The molecule has 0 unspecified atom stereocenters. The van der Waals surface area contributed by atoms with E-state index in [9.17, 15) is 0 Å². The fourth-order valence-corrected chi connectivity index (χ4v) is 3.24. The van der Waals surface area contributed by atoms with Crippen molar-refractivity contribution < 1.29 is 9.47 Å². The number of hydrogen-bond acceptors (Lipinski definition) is 3. The van der Waals surface area contributed by atoms with Crippen LogP contribution in [0.5, 0.6) is 11.5 Å². The molecular weight excluding hydrogens is 318 g/mol. The van der Waals surface area contributed by atoms with Crippen LogP contribution in [0.1, 0.15) is 44.6 Å². The third-order valence-corrected chi connectivity index (χ3v) is 4.18. The molecule has 1 saturated carbocycles. The van der Waals surface area contributed by atoms with Crippen LogP contribution < -0.4 is 14.8 Å². The Hall–Kier alpha value is -0.740. The predicted octanol–water partition coefficient (Wildman–Crippen LogP) is 4.28. The summed E-state index contributed by atoms with van der Waals surface area (Å²) >= 11 is 3.63. The molecular formula is C16H24BrNO2. The molecule has 2 rings (SSSR count). The second kappa shape index (κ2) is 7.89. The minimum atomic E-state index is 0.328. The van der Waals surface area contributed by atoms with Gasteiger partial charge in [0.25, 0.3) is 0 Å². The normalized spacial score (nSPS) is 16.1. The first-order chi connectivity index (χ1) is 9.74. The third-order valence-electron chi connectivity index (χ3n) is 3.59. The van der Waals surface area contributed by atoms with E-state index in [4.69, 9.17) is 9.47 Å². The van der Waals surface area contributed by atoms with Crippen molar-refractivity contribution in [2.45, 2.75) is 51.7 Å². The molecule has 1 aliphatic carbocycles. The summed E-state index contributed by atoms with van der Waals surface area (Å²) in [4.78, 5) is 0. The van der Waals surface area contributed by atoms with E-state index >= 15 is 0 Å². The van der Waals surface area contributed by atoms with Crippen LogP contribution >= 0.6 is 15.9 Å². The van der Waals surface area contributed by atoms with Crippen molar-refractivity contribution in [1.82, 2.24) is 5.32 Å². The highest BCUT2D eigenvalue weighted by molar-refractivity contribution is 9.10. The predicted molar refractivity (Wildman–Crippen MR) is 85.6 cm³/mol. The highest BCUT2D eigenvalue weighted by Gasteiger charge is 2.19. The zero-order valence-corrected chi connectivity index (χ0v) is 14.0. The number of hydrogen-bond donors (Lipinski definition) is 1. The minimum Gasteiger partial charge on any atom is -0.490 e. The first-order valence-corrected chi connectivity index (χ1v) is 8.30. The summed E-state index contributed by atoms with van der Waals surface area (Å²) in [6.07, 6.45) is 6.50. The van der Waals surface area contributed by atoms with Crippen LogP contribution in [0.15, 0.2) is 16.6 Å². The molecule has 4 heteroatoms. The summed E-state index contributed by atoms with van der Waals surface area (Å²) in [5.74, 6) is 1.70. The maximum absolute atomic E-state index is 6.21. The maximum atomic E-state index is 6.21. The Balaban J connectivity index is 2.19. The van der Waals surface area contributed by atoms with Crippen molar-refractivity contribution in [3.63, 3.8) is 0 Å². The molecule has 1 aromatic rings. The largest absolute Gasteiger partial charge is 0.490 e. The van der Waals surface area contributed by atoms with E-state index in [2.05, 4.69) is 33.4 Å². The monoisotopic (exact) mass is 341 g/mol. The van der Waals surface area contributed by atoms with E-state index in [-0.39, 0.29) is 0 Å². The number of halogens is 1. The molecule has 1 aromatic carbocycles. The van der Waals surface area contributed by atoms with Crippen molar-refractivity contribution in [2.24, 2.45) is 0 Å². The molecule has 0 spiro atoms. The average Bonchev–Trinajstić information content (AvgIpc) is 2.44. The summed E-state index contributed by atoms with van der Waals surface area (Å²) in [5.41, 5.74) is 1.19. The quantitative estimate of drug-likeness (QED) is 0.837. The Labute approximate surface area is 130 Å². The Bertz CT molecular complexity index is 431. The molecule has 0 aliphatic heterocycles. The summed E-state index contributed by atoms with van der Waals surface area (Å²) in [6, 6.07) is 4.18. The molecule has 0 bridgehead atoms. The molecule has 112 valence electrons. The van der Waals surface area contributed by atoms with Gasteiger partial charge in [-0.25, -0.2) is 0 Å². The first-order valence-electron chi connectivity index (χ1n) is 7.51. The van der Waals surface area contributed by atoms with Gasteiger partial charge in [-0.2, -0.15) is 0 Å². The van der Waals surface area contributed by atoms with Gasteiger partial charge in [-0.3, -0.25) is 0 Å². The summed E-state index contributed by atoms with van der Waals surface area (Å²) in [5, 5.41) is 3.16. The molecule has 1 N–H and O–H groups in total. The van der Waals surface area contributed by atoms with Crippen LogP contribution in [0.3, 0.4) is 0 Å². The van der Waals surface area contributed by atoms with Gasteiger partial charge in [-0.15, -0.1) is 0 Å². The topological polar surface area (TPSA) is 30.5 Å². The van der Waals surface area contributed by atoms with Crippen molar-refractivity contribution >= 4 is 15.9 Å².